The number of carbonyl (C=O) groups is 1. The molecule has 0 saturated heterocycles. The number of nitrogens with one attached hydrogen (secondary N) is 2. The first kappa shape index (κ1) is 17.3. The standard InChI is InChI=1S/C15H15N3O5S/c1-24(21,22)18-10-4-7-13(12(8-10)15(19)20)23-11-5-2-9(3-6-11)14(16)17/h2-8,18H,1H3,(H3,16,17)(H,19,20). The fraction of sp³-hybridized carbons (Fsp3) is 0.0667. The summed E-state index contributed by atoms with van der Waals surface area (Å²) < 4.78 is 30.2. The maximum Gasteiger partial charge on any atom is 0.339 e. The highest BCUT2D eigenvalue weighted by atomic mass is 32.2. The molecule has 2 rings (SSSR count). The van der Waals surface area contributed by atoms with Gasteiger partial charge in [0, 0.05) is 11.3 Å². The molecule has 24 heavy (non-hydrogen) atoms. The SMILES string of the molecule is CS(=O)(=O)Nc1ccc(Oc2ccc(C(=N)N)cc2)c(C(=O)O)c1. The van der Waals surface area contributed by atoms with E-state index in [9.17, 15) is 18.3 Å². The van der Waals surface area contributed by atoms with Crippen LogP contribution in [-0.4, -0.2) is 31.6 Å². The zero-order valence-electron chi connectivity index (χ0n) is 12.6. The summed E-state index contributed by atoms with van der Waals surface area (Å²) in [6.45, 7) is 0. The van der Waals surface area contributed by atoms with Gasteiger partial charge in [-0.15, -0.1) is 0 Å². The molecular formula is C15H15N3O5S. The molecule has 126 valence electrons. The van der Waals surface area contributed by atoms with Crippen LogP contribution in [0, 0.1) is 5.41 Å². The minimum absolute atomic E-state index is 0.0529. The lowest BCUT2D eigenvalue weighted by atomic mass is 10.1. The van der Waals surface area contributed by atoms with E-state index in [0.29, 0.717) is 11.3 Å². The van der Waals surface area contributed by atoms with Gasteiger partial charge in [-0.25, -0.2) is 13.2 Å². The Bertz CT molecular complexity index is 892. The van der Waals surface area contributed by atoms with E-state index in [0.717, 1.165) is 6.26 Å². The van der Waals surface area contributed by atoms with E-state index < -0.39 is 16.0 Å². The number of aromatic carboxylic acids is 1. The first-order valence-electron chi connectivity index (χ1n) is 6.63. The van der Waals surface area contributed by atoms with Crippen LogP contribution in [0.3, 0.4) is 0 Å². The number of hydrogen-bond acceptors (Lipinski definition) is 5. The van der Waals surface area contributed by atoms with E-state index in [1.165, 1.54) is 18.2 Å². The van der Waals surface area contributed by atoms with Crippen LogP contribution in [-0.2, 0) is 10.0 Å². The monoisotopic (exact) mass is 349 g/mol. The second-order valence-electron chi connectivity index (χ2n) is 4.93. The molecule has 0 saturated carbocycles. The molecule has 0 aliphatic heterocycles. The summed E-state index contributed by atoms with van der Waals surface area (Å²) in [5.74, 6) is -0.949. The fourth-order valence-corrected chi connectivity index (χ4v) is 2.45. The third-order valence-electron chi connectivity index (χ3n) is 2.91. The first-order chi connectivity index (χ1) is 11.2. The van der Waals surface area contributed by atoms with E-state index in [-0.39, 0.29) is 22.8 Å². The highest BCUT2D eigenvalue weighted by molar-refractivity contribution is 7.92. The summed E-state index contributed by atoms with van der Waals surface area (Å²) >= 11 is 0. The Labute approximate surface area is 138 Å². The lowest BCUT2D eigenvalue weighted by Gasteiger charge is -2.11. The molecule has 0 heterocycles. The predicted molar refractivity (Wildman–Crippen MR) is 89.4 cm³/mol. The van der Waals surface area contributed by atoms with E-state index in [1.54, 1.807) is 24.3 Å². The third kappa shape index (κ3) is 4.46. The van der Waals surface area contributed by atoms with Gasteiger partial charge in [-0.05, 0) is 42.5 Å². The van der Waals surface area contributed by atoms with E-state index in [1.807, 2.05) is 0 Å². The number of carboxylic acids is 1. The van der Waals surface area contributed by atoms with Crippen molar-refractivity contribution in [2.24, 2.45) is 5.73 Å². The van der Waals surface area contributed by atoms with Crippen molar-refractivity contribution < 1.29 is 23.1 Å². The van der Waals surface area contributed by atoms with Crippen molar-refractivity contribution in [3.63, 3.8) is 0 Å². The normalized spacial score (nSPS) is 10.9. The largest absolute Gasteiger partial charge is 0.478 e. The number of rotatable bonds is 6. The predicted octanol–water partition coefficient (Wildman–Crippen LogP) is 1.83. The lowest BCUT2D eigenvalue weighted by Crippen LogP contribution is -2.11. The van der Waals surface area contributed by atoms with Crippen LogP contribution in [0.15, 0.2) is 42.5 Å². The number of carboxylic acid groups (broad SMARTS) is 1. The average molecular weight is 349 g/mol. The Morgan fingerprint density at radius 3 is 2.33 bits per heavy atom. The van der Waals surface area contributed by atoms with Gasteiger partial charge in [0.15, 0.2) is 0 Å². The maximum atomic E-state index is 11.4. The zero-order chi connectivity index (χ0) is 17.9. The molecule has 0 amide bonds. The van der Waals surface area contributed by atoms with Crippen molar-refractivity contribution in [2.45, 2.75) is 0 Å². The number of hydrogen-bond donors (Lipinski definition) is 4. The van der Waals surface area contributed by atoms with Crippen molar-refractivity contribution in [3.05, 3.63) is 53.6 Å². The molecule has 0 aliphatic carbocycles. The van der Waals surface area contributed by atoms with Gasteiger partial charge < -0.3 is 15.6 Å². The summed E-state index contributed by atoms with van der Waals surface area (Å²) in [6, 6.07) is 10.1. The topological polar surface area (TPSA) is 143 Å². The smallest absolute Gasteiger partial charge is 0.339 e. The molecule has 0 spiro atoms. The second kappa shape index (κ2) is 6.59. The fourth-order valence-electron chi connectivity index (χ4n) is 1.89. The van der Waals surface area contributed by atoms with Crippen molar-refractivity contribution in [1.29, 1.82) is 5.41 Å². The number of nitrogen functional groups attached to an aromatic ring is 1. The molecule has 0 unspecified atom stereocenters. The van der Waals surface area contributed by atoms with Crippen molar-refractivity contribution >= 4 is 27.5 Å². The van der Waals surface area contributed by atoms with Crippen LogP contribution in [0.2, 0.25) is 0 Å². The molecule has 0 aliphatic rings. The molecule has 0 bridgehead atoms. The van der Waals surface area contributed by atoms with Crippen LogP contribution in [0.4, 0.5) is 5.69 Å². The van der Waals surface area contributed by atoms with Gasteiger partial charge in [-0.2, -0.15) is 0 Å². The van der Waals surface area contributed by atoms with Crippen LogP contribution in [0.25, 0.3) is 0 Å². The minimum atomic E-state index is -3.52. The summed E-state index contributed by atoms with van der Waals surface area (Å²) in [6.07, 6.45) is 0.967. The number of ether oxygens (including phenoxy) is 1. The molecule has 2 aromatic carbocycles. The summed E-state index contributed by atoms with van der Waals surface area (Å²) in [5, 5.41) is 16.6. The van der Waals surface area contributed by atoms with Crippen LogP contribution >= 0.6 is 0 Å². The maximum absolute atomic E-state index is 11.4. The Morgan fingerprint density at radius 1 is 1.21 bits per heavy atom. The Morgan fingerprint density at radius 2 is 1.83 bits per heavy atom. The average Bonchev–Trinajstić information content (AvgIpc) is 2.47. The van der Waals surface area contributed by atoms with Crippen LogP contribution in [0.5, 0.6) is 11.5 Å². The van der Waals surface area contributed by atoms with Crippen LogP contribution in [0.1, 0.15) is 15.9 Å². The molecule has 9 heteroatoms. The van der Waals surface area contributed by atoms with Crippen molar-refractivity contribution in [3.8, 4) is 11.5 Å². The number of amidine groups is 1. The number of sulfonamides is 1. The van der Waals surface area contributed by atoms with Crippen LogP contribution < -0.4 is 15.2 Å². The number of nitrogens with two attached hydrogens (primary N) is 1. The molecule has 0 atom stereocenters. The molecule has 0 aromatic heterocycles. The minimum Gasteiger partial charge on any atom is -0.478 e. The van der Waals surface area contributed by atoms with Gasteiger partial charge in [-0.3, -0.25) is 10.1 Å². The van der Waals surface area contributed by atoms with E-state index >= 15 is 0 Å². The first-order valence-corrected chi connectivity index (χ1v) is 8.52. The molecule has 5 N–H and O–H groups in total. The zero-order valence-corrected chi connectivity index (χ0v) is 13.4. The summed E-state index contributed by atoms with van der Waals surface area (Å²) in [7, 11) is -3.52. The number of benzene rings is 2. The summed E-state index contributed by atoms with van der Waals surface area (Å²) in [5.41, 5.74) is 5.79. The molecule has 2 aromatic rings. The molecule has 0 fully saturated rings. The van der Waals surface area contributed by atoms with Crippen molar-refractivity contribution in [1.82, 2.24) is 0 Å². The summed E-state index contributed by atoms with van der Waals surface area (Å²) in [4.78, 5) is 11.4. The highest BCUT2D eigenvalue weighted by Crippen LogP contribution is 2.28. The molecule has 8 nitrogen and oxygen atoms in total. The quantitative estimate of drug-likeness (QED) is 0.463. The van der Waals surface area contributed by atoms with Gasteiger partial charge in [0.25, 0.3) is 0 Å². The van der Waals surface area contributed by atoms with Gasteiger partial charge in [-0.1, -0.05) is 0 Å². The highest BCUT2D eigenvalue weighted by Gasteiger charge is 2.14. The number of anilines is 1. The van der Waals surface area contributed by atoms with Crippen molar-refractivity contribution in [2.75, 3.05) is 11.0 Å². The Kier molecular flexibility index (Phi) is 4.74. The van der Waals surface area contributed by atoms with E-state index in [4.69, 9.17) is 15.9 Å². The Balaban J connectivity index is 2.32. The molecular weight excluding hydrogens is 334 g/mol. The van der Waals surface area contributed by atoms with Gasteiger partial charge in [0.2, 0.25) is 10.0 Å². The molecule has 0 radical (unpaired) electrons. The third-order valence-corrected chi connectivity index (χ3v) is 3.51. The van der Waals surface area contributed by atoms with Gasteiger partial charge >= 0.3 is 5.97 Å². The van der Waals surface area contributed by atoms with Gasteiger partial charge in [0.1, 0.15) is 22.9 Å². The second-order valence-corrected chi connectivity index (χ2v) is 6.68. The lowest BCUT2D eigenvalue weighted by molar-refractivity contribution is 0.0694. The Hall–Kier alpha value is -3.07. The van der Waals surface area contributed by atoms with E-state index in [2.05, 4.69) is 4.72 Å². The van der Waals surface area contributed by atoms with Gasteiger partial charge in [0.05, 0.1) is 6.26 Å².